The maximum Gasteiger partial charge on any atom is 0.211 e. The summed E-state index contributed by atoms with van der Waals surface area (Å²) >= 11 is 0. The fourth-order valence-electron chi connectivity index (χ4n) is 4.42. The van der Waals surface area contributed by atoms with Gasteiger partial charge in [0, 0.05) is 43.9 Å². The first kappa shape index (κ1) is 29.0. The molecule has 0 saturated carbocycles. The quantitative estimate of drug-likeness (QED) is 0.166. The van der Waals surface area contributed by atoms with Gasteiger partial charge in [0.05, 0.1) is 11.9 Å². The van der Waals surface area contributed by atoms with Crippen molar-refractivity contribution in [3.8, 4) is 17.0 Å². The summed E-state index contributed by atoms with van der Waals surface area (Å²) < 4.78 is 26.5. The molecule has 0 spiro atoms. The van der Waals surface area contributed by atoms with E-state index in [9.17, 15) is 18.3 Å². The van der Waals surface area contributed by atoms with Crippen molar-refractivity contribution in [2.24, 2.45) is 0 Å². The SMILES string of the molecule is CS(=O)(=O)N(CCCCC(=O)c1ccccn1)Cc1cccc(-c2ccnc(CCCc3ccc(O)cc3)n2)c1. The summed E-state index contributed by atoms with van der Waals surface area (Å²) in [6, 6.07) is 22.0. The molecular formula is C31H34N4O4S. The van der Waals surface area contributed by atoms with E-state index in [0.29, 0.717) is 31.5 Å². The number of hydrogen-bond donors (Lipinski definition) is 1. The van der Waals surface area contributed by atoms with Crippen LogP contribution in [-0.4, -0.2) is 51.4 Å². The molecule has 8 nitrogen and oxygen atoms in total. The zero-order valence-electron chi connectivity index (χ0n) is 22.6. The minimum atomic E-state index is -3.44. The first-order valence-corrected chi connectivity index (χ1v) is 15.2. The lowest BCUT2D eigenvalue weighted by Crippen LogP contribution is -2.30. The highest BCUT2D eigenvalue weighted by Crippen LogP contribution is 2.21. The molecule has 0 aliphatic heterocycles. The van der Waals surface area contributed by atoms with Crippen LogP contribution in [0.25, 0.3) is 11.3 Å². The van der Waals surface area contributed by atoms with Crippen molar-refractivity contribution >= 4 is 15.8 Å². The number of carbonyl (C=O) groups is 1. The lowest BCUT2D eigenvalue weighted by atomic mass is 10.1. The van der Waals surface area contributed by atoms with E-state index in [1.165, 1.54) is 10.6 Å². The van der Waals surface area contributed by atoms with E-state index in [0.717, 1.165) is 47.5 Å². The molecule has 2 aromatic heterocycles. The Labute approximate surface area is 235 Å². The standard InChI is InChI=1S/C31H34N4O4S/c1-40(38,39)35(21-5-3-12-30(37)29-11-2-4-19-32-29)23-25-9-6-10-26(22-25)28-18-20-33-31(34-28)13-7-8-24-14-16-27(36)17-15-24/h2,4,6,9-11,14-20,22,36H,3,5,7-8,12-13,21,23H2,1H3. The molecule has 0 aliphatic rings. The average molecular weight is 559 g/mol. The lowest BCUT2D eigenvalue weighted by Gasteiger charge is -2.20. The topological polar surface area (TPSA) is 113 Å². The Morgan fingerprint density at radius 2 is 1.68 bits per heavy atom. The van der Waals surface area contributed by atoms with Crippen LogP contribution in [0, 0.1) is 0 Å². The summed E-state index contributed by atoms with van der Waals surface area (Å²) in [6.07, 6.45) is 8.50. The number of aromatic hydroxyl groups is 1. The number of nitrogens with zero attached hydrogens (tertiary/aromatic N) is 4. The zero-order chi connectivity index (χ0) is 28.4. The van der Waals surface area contributed by atoms with E-state index in [1.807, 2.05) is 42.5 Å². The van der Waals surface area contributed by atoms with Crippen LogP contribution in [0.4, 0.5) is 0 Å². The fraction of sp³-hybridized carbons (Fsp3) is 0.290. The maximum absolute atomic E-state index is 12.5. The Bertz CT molecular complexity index is 1510. The van der Waals surface area contributed by atoms with Gasteiger partial charge in [-0.15, -0.1) is 0 Å². The molecular weight excluding hydrogens is 524 g/mol. The van der Waals surface area contributed by atoms with Crippen LogP contribution in [0.3, 0.4) is 0 Å². The van der Waals surface area contributed by atoms with Crippen LogP contribution in [0.2, 0.25) is 0 Å². The zero-order valence-corrected chi connectivity index (χ0v) is 23.4. The Balaban J connectivity index is 1.34. The van der Waals surface area contributed by atoms with Gasteiger partial charge in [0.15, 0.2) is 5.78 Å². The molecule has 2 aromatic carbocycles. The Kier molecular flexibility index (Phi) is 10.1. The number of sulfonamides is 1. The second-order valence-corrected chi connectivity index (χ2v) is 11.8. The summed E-state index contributed by atoms with van der Waals surface area (Å²) in [5.74, 6) is 0.971. The molecule has 0 unspecified atom stereocenters. The van der Waals surface area contributed by atoms with Gasteiger partial charge in [-0.05, 0) is 73.2 Å². The number of pyridine rings is 1. The van der Waals surface area contributed by atoms with Gasteiger partial charge in [-0.25, -0.2) is 18.4 Å². The first-order valence-electron chi connectivity index (χ1n) is 13.4. The number of benzene rings is 2. The number of hydrogen-bond acceptors (Lipinski definition) is 7. The van der Waals surface area contributed by atoms with Crippen molar-refractivity contribution in [1.82, 2.24) is 19.3 Å². The normalized spacial score (nSPS) is 11.6. The third-order valence-electron chi connectivity index (χ3n) is 6.57. The van der Waals surface area contributed by atoms with Gasteiger partial charge in [0.2, 0.25) is 10.0 Å². The molecule has 2 heterocycles. The highest BCUT2D eigenvalue weighted by molar-refractivity contribution is 7.88. The molecule has 0 radical (unpaired) electrons. The third-order valence-corrected chi connectivity index (χ3v) is 7.82. The van der Waals surface area contributed by atoms with Crippen LogP contribution in [0.15, 0.2) is 85.2 Å². The predicted molar refractivity (Wildman–Crippen MR) is 155 cm³/mol. The van der Waals surface area contributed by atoms with Crippen molar-refractivity contribution in [2.75, 3.05) is 12.8 Å². The van der Waals surface area contributed by atoms with Crippen molar-refractivity contribution in [3.05, 3.63) is 108 Å². The van der Waals surface area contributed by atoms with E-state index in [2.05, 4.69) is 9.97 Å². The number of ketones is 1. The largest absolute Gasteiger partial charge is 0.508 e. The van der Waals surface area contributed by atoms with Gasteiger partial charge in [-0.2, -0.15) is 4.31 Å². The van der Waals surface area contributed by atoms with Crippen LogP contribution in [0.1, 0.15) is 53.1 Å². The Morgan fingerprint density at radius 3 is 2.42 bits per heavy atom. The highest BCUT2D eigenvalue weighted by atomic mass is 32.2. The van der Waals surface area contributed by atoms with Crippen molar-refractivity contribution in [2.45, 2.75) is 45.1 Å². The van der Waals surface area contributed by atoms with Gasteiger partial charge in [0.1, 0.15) is 17.3 Å². The molecule has 0 bridgehead atoms. The number of rotatable bonds is 14. The van der Waals surface area contributed by atoms with Crippen molar-refractivity contribution in [1.29, 1.82) is 0 Å². The average Bonchev–Trinajstić information content (AvgIpc) is 2.96. The Morgan fingerprint density at radius 1 is 0.850 bits per heavy atom. The van der Waals surface area contributed by atoms with E-state index in [1.54, 1.807) is 42.7 Å². The monoisotopic (exact) mass is 558 g/mol. The van der Waals surface area contributed by atoms with E-state index in [4.69, 9.17) is 4.98 Å². The highest BCUT2D eigenvalue weighted by Gasteiger charge is 2.18. The molecule has 0 amide bonds. The predicted octanol–water partition coefficient (Wildman–Crippen LogP) is 5.23. The van der Waals surface area contributed by atoms with Gasteiger partial charge in [-0.3, -0.25) is 9.78 Å². The summed E-state index contributed by atoms with van der Waals surface area (Å²) in [6.45, 7) is 0.572. The van der Waals surface area contributed by atoms with Gasteiger partial charge >= 0.3 is 0 Å². The van der Waals surface area contributed by atoms with Gasteiger partial charge < -0.3 is 5.11 Å². The summed E-state index contributed by atoms with van der Waals surface area (Å²) in [5.41, 5.74) is 4.13. The molecule has 0 aliphatic carbocycles. The molecule has 0 saturated heterocycles. The molecule has 1 N–H and O–H groups in total. The van der Waals surface area contributed by atoms with E-state index >= 15 is 0 Å². The molecule has 40 heavy (non-hydrogen) atoms. The number of aromatic nitrogens is 3. The molecule has 208 valence electrons. The molecule has 0 atom stereocenters. The lowest BCUT2D eigenvalue weighted by molar-refractivity contribution is 0.0974. The van der Waals surface area contributed by atoms with Gasteiger partial charge in [0.25, 0.3) is 0 Å². The van der Waals surface area contributed by atoms with Crippen LogP contribution >= 0.6 is 0 Å². The minimum absolute atomic E-state index is 0.0382. The Hall–Kier alpha value is -3.95. The van der Waals surface area contributed by atoms with Crippen LogP contribution in [-0.2, 0) is 29.4 Å². The molecule has 9 heteroatoms. The summed E-state index contributed by atoms with van der Waals surface area (Å²) in [7, 11) is -3.44. The summed E-state index contributed by atoms with van der Waals surface area (Å²) in [5, 5.41) is 9.44. The number of Topliss-reactive ketones (excluding diaryl/α,β-unsaturated/α-hetero) is 1. The molecule has 0 fully saturated rings. The van der Waals surface area contributed by atoms with E-state index in [-0.39, 0.29) is 18.1 Å². The van der Waals surface area contributed by atoms with Crippen molar-refractivity contribution < 1.29 is 18.3 Å². The number of unbranched alkanes of at least 4 members (excludes halogenated alkanes) is 1. The second-order valence-electron chi connectivity index (χ2n) is 9.77. The molecule has 4 aromatic rings. The number of carbonyl (C=O) groups excluding carboxylic acids is 1. The fourth-order valence-corrected chi connectivity index (χ4v) is 5.26. The third kappa shape index (κ3) is 8.79. The van der Waals surface area contributed by atoms with Crippen LogP contribution in [0.5, 0.6) is 5.75 Å². The summed E-state index contributed by atoms with van der Waals surface area (Å²) in [4.78, 5) is 25.5. The van der Waals surface area contributed by atoms with Crippen molar-refractivity contribution in [3.63, 3.8) is 0 Å². The van der Waals surface area contributed by atoms with Gasteiger partial charge in [-0.1, -0.05) is 36.4 Å². The number of phenolic OH excluding ortho intramolecular Hbond substituents is 1. The van der Waals surface area contributed by atoms with E-state index < -0.39 is 10.0 Å². The van der Waals surface area contributed by atoms with Crippen LogP contribution < -0.4 is 0 Å². The smallest absolute Gasteiger partial charge is 0.211 e. The number of phenols is 1. The number of aryl methyl sites for hydroxylation is 2. The maximum atomic E-state index is 12.5. The second kappa shape index (κ2) is 13.9. The molecule has 4 rings (SSSR count). The minimum Gasteiger partial charge on any atom is -0.508 e. The first-order chi connectivity index (χ1) is 19.3.